The molecule has 0 spiro atoms. The predicted octanol–water partition coefficient (Wildman–Crippen LogP) is 4.02. The van der Waals surface area contributed by atoms with Gasteiger partial charge in [0, 0.05) is 40.3 Å². The molecule has 2 aromatic carbocycles. The highest BCUT2D eigenvalue weighted by molar-refractivity contribution is 6.28. The quantitative estimate of drug-likeness (QED) is 0.825. The summed E-state index contributed by atoms with van der Waals surface area (Å²) in [4.78, 5) is 39.5. The highest BCUT2D eigenvalue weighted by Gasteiger charge is 2.44. The molecule has 4 nitrogen and oxygen atoms in total. The van der Waals surface area contributed by atoms with E-state index < -0.39 is 5.92 Å². The molecule has 0 radical (unpaired) electrons. The van der Waals surface area contributed by atoms with Crippen LogP contribution in [0.3, 0.4) is 0 Å². The van der Waals surface area contributed by atoms with E-state index >= 15 is 0 Å². The molecule has 4 heteroatoms. The van der Waals surface area contributed by atoms with Crippen molar-refractivity contribution in [2.45, 2.75) is 32.1 Å². The fraction of sp³-hybridized carbons (Fsp3) is 0.208. The van der Waals surface area contributed by atoms with Gasteiger partial charge in [0.25, 0.3) is 0 Å². The molecule has 5 rings (SSSR count). The Kier molecular flexibility index (Phi) is 3.69. The zero-order valence-electron chi connectivity index (χ0n) is 15.5. The summed E-state index contributed by atoms with van der Waals surface area (Å²) in [7, 11) is 0. The zero-order valence-corrected chi connectivity index (χ0v) is 15.5. The van der Waals surface area contributed by atoms with E-state index in [1.807, 2.05) is 31.2 Å². The van der Waals surface area contributed by atoms with Crippen molar-refractivity contribution in [2.75, 3.05) is 0 Å². The molecule has 0 fully saturated rings. The zero-order chi connectivity index (χ0) is 19.4. The Morgan fingerprint density at radius 2 is 1.50 bits per heavy atom. The third-order valence-corrected chi connectivity index (χ3v) is 5.88. The minimum atomic E-state index is -0.496. The second-order valence-corrected chi connectivity index (χ2v) is 7.63. The standard InChI is InChI=1S/C24H19NO3/c1-13-9-11-14(12-10-13)19-20-17(7-4-8-18(20)26)25-22-21(19)23(27)15-5-2-3-6-16(15)24(22)28/h2-3,5-6,9-12,19,25H,4,7-8H2,1H3. The number of Topliss-reactive ketones (excluding diaryl/α,β-unsaturated/α-hetero) is 3. The van der Waals surface area contributed by atoms with E-state index in [1.54, 1.807) is 24.3 Å². The van der Waals surface area contributed by atoms with Crippen molar-refractivity contribution in [1.82, 2.24) is 5.32 Å². The van der Waals surface area contributed by atoms with Crippen LogP contribution in [0.4, 0.5) is 0 Å². The van der Waals surface area contributed by atoms with Crippen LogP contribution in [0.5, 0.6) is 0 Å². The topological polar surface area (TPSA) is 63.2 Å². The first kappa shape index (κ1) is 16.9. The Labute approximate surface area is 163 Å². The highest BCUT2D eigenvalue weighted by Crippen LogP contribution is 2.45. The van der Waals surface area contributed by atoms with Gasteiger partial charge in [0.05, 0.1) is 5.70 Å². The van der Waals surface area contributed by atoms with Gasteiger partial charge in [-0.15, -0.1) is 0 Å². The fourth-order valence-electron chi connectivity index (χ4n) is 4.51. The molecule has 1 aliphatic heterocycles. The van der Waals surface area contributed by atoms with Crippen LogP contribution in [0.2, 0.25) is 0 Å². The summed E-state index contributed by atoms with van der Waals surface area (Å²) in [6.45, 7) is 2.00. The highest BCUT2D eigenvalue weighted by atomic mass is 16.1. The minimum absolute atomic E-state index is 0.0602. The van der Waals surface area contributed by atoms with Gasteiger partial charge >= 0.3 is 0 Å². The van der Waals surface area contributed by atoms with Crippen molar-refractivity contribution in [3.63, 3.8) is 0 Å². The molecule has 1 atom stereocenters. The molecular weight excluding hydrogens is 350 g/mol. The van der Waals surface area contributed by atoms with Gasteiger partial charge in [0.2, 0.25) is 5.78 Å². The molecule has 0 bridgehead atoms. The lowest BCUT2D eigenvalue weighted by Crippen LogP contribution is -2.40. The number of aryl methyl sites for hydroxylation is 1. The van der Waals surface area contributed by atoms with E-state index in [2.05, 4.69) is 5.32 Å². The number of hydrogen-bond acceptors (Lipinski definition) is 4. The van der Waals surface area contributed by atoms with E-state index in [0.29, 0.717) is 40.8 Å². The number of carbonyl (C=O) groups is 3. The number of allylic oxidation sites excluding steroid dienone is 4. The Morgan fingerprint density at radius 3 is 2.21 bits per heavy atom. The molecule has 28 heavy (non-hydrogen) atoms. The number of nitrogens with one attached hydrogen (secondary N) is 1. The van der Waals surface area contributed by atoms with Crippen molar-refractivity contribution in [3.05, 3.63) is 93.3 Å². The minimum Gasteiger partial charge on any atom is -0.355 e. The van der Waals surface area contributed by atoms with Crippen LogP contribution < -0.4 is 5.32 Å². The largest absolute Gasteiger partial charge is 0.355 e. The van der Waals surface area contributed by atoms with Crippen molar-refractivity contribution in [3.8, 4) is 0 Å². The van der Waals surface area contributed by atoms with Crippen molar-refractivity contribution < 1.29 is 14.4 Å². The average Bonchev–Trinajstić information content (AvgIpc) is 2.71. The number of dihydropyridines is 1. The molecule has 138 valence electrons. The summed E-state index contributed by atoms with van der Waals surface area (Å²) < 4.78 is 0. The van der Waals surface area contributed by atoms with Crippen molar-refractivity contribution >= 4 is 17.3 Å². The lowest BCUT2D eigenvalue weighted by molar-refractivity contribution is -0.116. The van der Waals surface area contributed by atoms with Crippen LogP contribution in [0.15, 0.2) is 71.1 Å². The Morgan fingerprint density at radius 1 is 0.821 bits per heavy atom. The second-order valence-electron chi connectivity index (χ2n) is 7.63. The van der Waals surface area contributed by atoms with Gasteiger partial charge in [-0.2, -0.15) is 0 Å². The normalized spacial score (nSPS) is 21.2. The summed E-state index contributed by atoms with van der Waals surface area (Å²) >= 11 is 0. The van der Waals surface area contributed by atoms with E-state index in [1.165, 1.54) is 0 Å². The van der Waals surface area contributed by atoms with Crippen LogP contribution >= 0.6 is 0 Å². The van der Waals surface area contributed by atoms with Gasteiger partial charge in [-0.3, -0.25) is 14.4 Å². The molecule has 0 saturated heterocycles. The van der Waals surface area contributed by atoms with Gasteiger partial charge in [-0.1, -0.05) is 54.1 Å². The predicted molar refractivity (Wildman–Crippen MR) is 105 cm³/mol. The smallest absolute Gasteiger partial charge is 0.210 e. The Hall–Kier alpha value is -3.27. The molecule has 0 aromatic heterocycles. The van der Waals surface area contributed by atoms with Crippen LogP contribution in [-0.4, -0.2) is 17.3 Å². The first-order valence-corrected chi connectivity index (χ1v) is 9.58. The van der Waals surface area contributed by atoms with Gasteiger partial charge in [-0.05, 0) is 25.3 Å². The molecule has 1 unspecified atom stereocenters. The molecule has 1 heterocycles. The van der Waals surface area contributed by atoms with Gasteiger partial charge < -0.3 is 5.32 Å². The summed E-state index contributed by atoms with van der Waals surface area (Å²) in [5.74, 6) is -0.783. The van der Waals surface area contributed by atoms with E-state index in [9.17, 15) is 14.4 Å². The Bertz CT molecular complexity index is 1120. The molecule has 1 N–H and O–H groups in total. The summed E-state index contributed by atoms with van der Waals surface area (Å²) in [5.41, 5.74) is 5.00. The monoisotopic (exact) mass is 369 g/mol. The molecular formula is C24H19NO3. The third-order valence-electron chi connectivity index (χ3n) is 5.88. The summed E-state index contributed by atoms with van der Waals surface area (Å²) in [5, 5.41) is 3.19. The molecule has 0 saturated carbocycles. The van der Waals surface area contributed by atoms with Crippen LogP contribution in [-0.2, 0) is 4.79 Å². The molecule has 0 amide bonds. The number of fused-ring (bicyclic) bond motifs is 1. The number of hydrogen-bond donors (Lipinski definition) is 1. The van der Waals surface area contributed by atoms with Crippen LogP contribution in [0, 0.1) is 6.92 Å². The third kappa shape index (κ3) is 2.34. The Balaban J connectivity index is 1.76. The van der Waals surface area contributed by atoms with Gasteiger partial charge in [0.15, 0.2) is 11.6 Å². The van der Waals surface area contributed by atoms with E-state index in [0.717, 1.165) is 23.2 Å². The SMILES string of the molecule is Cc1ccc(C2C3=C(CCCC3=O)NC3=C2C(=O)c2ccccc2C3=O)cc1. The van der Waals surface area contributed by atoms with Gasteiger partial charge in [-0.25, -0.2) is 0 Å². The average molecular weight is 369 g/mol. The van der Waals surface area contributed by atoms with Crippen LogP contribution in [0.1, 0.15) is 57.0 Å². The maximum absolute atomic E-state index is 13.4. The fourth-order valence-corrected chi connectivity index (χ4v) is 4.51. The molecule has 3 aliphatic rings. The number of benzene rings is 2. The summed E-state index contributed by atoms with van der Waals surface area (Å²) in [6, 6.07) is 14.8. The lowest BCUT2D eigenvalue weighted by Gasteiger charge is -2.36. The van der Waals surface area contributed by atoms with Crippen molar-refractivity contribution in [2.24, 2.45) is 0 Å². The second kappa shape index (κ2) is 6.13. The number of carbonyl (C=O) groups excluding carboxylic acids is 3. The first-order chi connectivity index (χ1) is 13.6. The first-order valence-electron chi connectivity index (χ1n) is 9.58. The molecule has 2 aliphatic carbocycles. The lowest BCUT2D eigenvalue weighted by atomic mass is 9.70. The maximum Gasteiger partial charge on any atom is 0.210 e. The maximum atomic E-state index is 13.4. The van der Waals surface area contributed by atoms with E-state index in [4.69, 9.17) is 0 Å². The number of ketones is 3. The van der Waals surface area contributed by atoms with E-state index in [-0.39, 0.29) is 17.3 Å². The van der Waals surface area contributed by atoms with Gasteiger partial charge in [0.1, 0.15) is 0 Å². The van der Waals surface area contributed by atoms with Crippen LogP contribution in [0.25, 0.3) is 0 Å². The molecule has 2 aromatic rings. The van der Waals surface area contributed by atoms with Crippen molar-refractivity contribution in [1.29, 1.82) is 0 Å². The number of rotatable bonds is 1. The summed E-state index contributed by atoms with van der Waals surface area (Å²) in [6.07, 6.45) is 1.94.